The Bertz CT molecular complexity index is 821. The zero-order valence-corrected chi connectivity index (χ0v) is 17.4. The van der Waals surface area contributed by atoms with E-state index in [0.717, 1.165) is 25.3 Å². The van der Waals surface area contributed by atoms with Gasteiger partial charge < -0.3 is 19.9 Å². The van der Waals surface area contributed by atoms with Crippen molar-refractivity contribution in [2.45, 2.75) is 70.4 Å². The number of amides is 1. The van der Waals surface area contributed by atoms with Crippen molar-refractivity contribution in [3.8, 4) is 5.75 Å². The molecule has 0 bridgehead atoms. The Balaban J connectivity index is 1.97. The normalized spacial score (nSPS) is 24.9. The number of aryl methyl sites for hydroxylation is 2. The molecule has 0 aromatic heterocycles. The Morgan fingerprint density at radius 3 is 2.52 bits per heavy atom. The topological polar surface area (TPSA) is 67.8 Å². The van der Waals surface area contributed by atoms with E-state index in [-0.39, 0.29) is 23.3 Å². The van der Waals surface area contributed by atoms with Gasteiger partial charge in [0.25, 0.3) is 11.8 Å². The van der Waals surface area contributed by atoms with Crippen molar-refractivity contribution < 1.29 is 28.2 Å². The zero-order valence-electron chi connectivity index (χ0n) is 17.4. The summed E-state index contributed by atoms with van der Waals surface area (Å²) in [7, 11) is 1.67. The van der Waals surface area contributed by atoms with Crippen LogP contribution < -0.4 is 10.1 Å². The van der Waals surface area contributed by atoms with Gasteiger partial charge in [-0.2, -0.15) is 0 Å². The third-order valence-corrected chi connectivity index (χ3v) is 5.90. The number of aliphatic hydroxyl groups is 1. The maximum Gasteiger partial charge on any atom is 0.278 e. The molecule has 3 rings (SSSR count). The van der Waals surface area contributed by atoms with Gasteiger partial charge in [-0.25, -0.2) is 8.78 Å². The van der Waals surface area contributed by atoms with E-state index in [1.54, 1.807) is 26.2 Å². The fraction of sp³-hybridized carbons (Fsp3) is 0.591. The molecule has 0 unspecified atom stereocenters. The molecule has 160 valence electrons. The molecule has 2 aliphatic rings. The van der Waals surface area contributed by atoms with Crippen LogP contribution in [0.4, 0.5) is 8.78 Å². The fourth-order valence-corrected chi connectivity index (χ4v) is 4.35. The van der Waals surface area contributed by atoms with Gasteiger partial charge in [-0.05, 0) is 67.9 Å². The van der Waals surface area contributed by atoms with Gasteiger partial charge in [-0.3, -0.25) is 4.79 Å². The van der Waals surface area contributed by atoms with E-state index in [9.17, 15) is 18.7 Å². The Morgan fingerprint density at radius 2 is 1.97 bits per heavy atom. The molecular weight excluding hydrogens is 380 g/mol. The molecule has 1 aliphatic carbocycles. The van der Waals surface area contributed by atoms with Crippen LogP contribution in [0.2, 0.25) is 0 Å². The highest BCUT2D eigenvalue weighted by molar-refractivity contribution is 6.24. The first-order valence-corrected chi connectivity index (χ1v) is 10.0. The summed E-state index contributed by atoms with van der Waals surface area (Å²) < 4.78 is 37.0. The van der Waals surface area contributed by atoms with Crippen molar-refractivity contribution >= 4 is 11.5 Å². The minimum Gasteiger partial charge on any atom is -0.509 e. The summed E-state index contributed by atoms with van der Waals surface area (Å²) in [5, 5.41) is 14.1. The van der Waals surface area contributed by atoms with Crippen LogP contribution in [0.5, 0.6) is 5.75 Å². The van der Waals surface area contributed by atoms with Crippen molar-refractivity contribution in [2.24, 2.45) is 0 Å². The summed E-state index contributed by atoms with van der Waals surface area (Å²) >= 11 is 0. The Kier molecular flexibility index (Phi) is 5.90. The van der Waals surface area contributed by atoms with Gasteiger partial charge in [0.05, 0.1) is 17.2 Å². The number of rotatable bonds is 6. The van der Waals surface area contributed by atoms with Crippen LogP contribution in [-0.2, 0) is 16.0 Å². The highest BCUT2D eigenvalue weighted by atomic mass is 19.3. The highest BCUT2D eigenvalue weighted by Gasteiger charge is 2.48. The number of methoxy groups -OCH3 is 1. The van der Waals surface area contributed by atoms with E-state index in [0.29, 0.717) is 36.1 Å². The van der Waals surface area contributed by atoms with Crippen molar-refractivity contribution in [3.05, 3.63) is 34.6 Å². The third kappa shape index (κ3) is 4.25. The van der Waals surface area contributed by atoms with Gasteiger partial charge >= 0.3 is 0 Å². The number of hydrogen-bond donors (Lipinski definition) is 2. The van der Waals surface area contributed by atoms with Crippen molar-refractivity contribution in [2.75, 3.05) is 13.7 Å². The third-order valence-electron chi connectivity index (χ3n) is 5.90. The van der Waals surface area contributed by atoms with E-state index in [1.807, 2.05) is 6.92 Å². The second-order valence-corrected chi connectivity index (χ2v) is 8.18. The van der Waals surface area contributed by atoms with Gasteiger partial charge in [0, 0.05) is 14.0 Å². The summed E-state index contributed by atoms with van der Waals surface area (Å²) in [6.45, 7) is 3.80. The molecule has 1 aromatic carbocycles. The monoisotopic (exact) mass is 409 g/mol. The van der Waals surface area contributed by atoms with Gasteiger partial charge in [-0.15, -0.1) is 0 Å². The molecule has 0 atom stereocenters. The number of benzene rings is 1. The minimum absolute atomic E-state index is 0.0728. The molecule has 2 N–H and O–H groups in total. The predicted octanol–water partition coefficient (Wildman–Crippen LogP) is 4.32. The number of nitrogens with one attached hydrogen (secondary N) is 1. The number of aliphatic hydroxyl groups excluding tert-OH is 1. The number of halogens is 2. The second kappa shape index (κ2) is 7.94. The molecule has 0 saturated heterocycles. The van der Waals surface area contributed by atoms with Gasteiger partial charge in [-0.1, -0.05) is 6.92 Å². The lowest BCUT2D eigenvalue weighted by Gasteiger charge is -2.36. The summed E-state index contributed by atoms with van der Waals surface area (Å²) in [5.41, 5.74) is 1.67. The summed E-state index contributed by atoms with van der Waals surface area (Å²) in [5.74, 6) is -2.83. The lowest BCUT2D eigenvalue weighted by molar-refractivity contribution is -0.116. The molecule has 7 heteroatoms. The number of hydrogen-bond acceptors (Lipinski definition) is 4. The molecular formula is C22H29F2NO4. The average molecular weight is 409 g/mol. The predicted molar refractivity (Wildman–Crippen MR) is 106 cm³/mol. The summed E-state index contributed by atoms with van der Waals surface area (Å²) in [6.07, 6.45) is 3.44. The fourth-order valence-electron chi connectivity index (χ4n) is 4.35. The van der Waals surface area contributed by atoms with E-state index in [4.69, 9.17) is 9.47 Å². The highest BCUT2D eigenvalue weighted by Crippen LogP contribution is 2.43. The first-order chi connectivity index (χ1) is 13.6. The molecule has 1 saturated carbocycles. The van der Waals surface area contributed by atoms with Crippen molar-refractivity contribution in [1.82, 2.24) is 5.32 Å². The zero-order chi connectivity index (χ0) is 21.4. The molecule has 1 aromatic rings. The van der Waals surface area contributed by atoms with Gasteiger partial charge in [0.2, 0.25) is 0 Å². The first-order valence-electron chi connectivity index (χ1n) is 10.0. The van der Waals surface area contributed by atoms with E-state index >= 15 is 0 Å². The van der Waals surface area contributed by atoms with Gasteiger partial charge in [0.1, 0.15) is 11.5 Å². The van der Waals surface area contributed by atoms with Crippen molar-refractivity contribution in [3.63, 3.8) is 0 Å². The van der Waals surface area contributed by atoms with Crippen LogP contribution in [0.25, 0.3) is 5.57 Å². The van der Waals surface area contributed by atoms with Crippen LogP contribution >= 0.6 is 0 Å². The molecule has 29 heavy (non-hydrogen) atoms. The van der Waals surface area contributed by atoms with E-state index in [1.165, 1.54) is 0 Å². The second-order valence-electron chi connectivity index (χ2n) is 8.18. The standard InChI is InChI=1S/C22H29F2NO4/c1-5-14-11-16(29-12-21(3,23)24)10-13(2)17(14)18-19(26)22(25-20(18)27)8-6-15(28-4)7-9-22/h10-11,15,26H,5-9,12H2,1-4H3,(H,25,27)/t15-,22+. The molecule has 1 aliphatic heterocycles. The molecule has 1 fully saturated rings. The Morgan fingerprint density at radius 1 is 1.31 bits per heavy atom. The maximum absolute atomic E-state index is 13.1. The van der Waals surface area contributed by atoms with Crippen LogP contribution in [0.3, 0.4) is 0 Å². The van der Waals surface area contributed by atoms with Crippen LogP contribution in [0.1, 0.15) is 56.2 Å². The quantitative estimate of drug-likeness (QED) is 0.734. The smallest absolute Gasteiger partial charge is 0.278 e. The number of carbonyl (C=O) groups excluding carboxylic acids is 1. The van der Waals surface area contributed by atoms with Crippen LogP contribution in [-0.4, -0.2) is 42.3 Å². The molecule has 1 heterocycles. The molecule has 5 nitrogen and oxygen atoms in total. The first kappa shape index (κ1) is 21.6. The molecule has 1 spiro atoms. The minimum atomic E-state index is -2.93. The average Bonchev–Trinajstić information content (AvgIpc) is 2.89. The van der Waals surface area contributed by atoms with Crippen LogP contribution in [0, 0.1) is 6.92 Å². The largest absolute Gasteiger partial charge is 0.509 e. The van der Waals surface area contributed by atoms with Crippen molar-refractivity contribution in [1.29, 1.82) is 0 Å². The Labute approximate surface area is 170 Å². The lowest BCUT2D eigenvalue weighted by atomic mass is 9.79. The number of alkyl halides is 2. The molecule has 1 amide bonds. The number of carbonyl (C=O) groups is 1. The maximum atomic E-state index is 13.1. The van der Waals surface area contributed by atoms with Crippen LogP contribution in [0.15, 0.2) is 17.9 Å². The summed E-state index contributed by atoms with van der Waals surface area (Å²) in [6, 6.07) is 3.31. The number of ether oxygens (including phenoxy) is 2. The molecule has 0 radical (unpaired) electrons. The SMILES string of the molecule is CCc1cc(OCC(C)(F)F)cc(C)c1C1=C(O)[C@]2(CC[C@H](OC)CC2)NC1=O. The Hall–Kier alpha value is -2.15. The van der Waals surface area contributed by atoms with E-state index < -0.39 is 18.1 Å². The summed E-state index contributed by atoms with van der Waals surface area (Å²) in [4.78, 5) is 12.9. The van der Waals surface area contributed by atoms with Gasteiger partial charge in [0.15, 0.2) is 6.61 Å². The van der Waals surface area contributed by atoms with E-state index in [2.05, 4.69) is 5.32 Å². The lowest BCUT2D eigenvalue weighted by Crippen LogP contribution is -2.48.